The first-order valence-electron chi connectivity index (χ1n) is 8.55. The van der Waals surface area contributed by atoms with Gasteiger partial charge in [-0.05, 0) is 74.1 Å². The summed E-state index contributed by atoms with van der Waals surface area (Å²) in [6, 6.07) is 4.23. The summed E-state index contributed by atoms with van der Waals surface area (Å²) in [6.45, 7) is 3.79. The predicted octanol–water partition coefficient (Wildman–Crippen LogP) is 4.17. The lowest BCUT2D eigenvalue weighted by Crippen LogP contribution is -2.51. The fourth-order valence-electron chi connectivity index (χ4n) is 5.48. The molecule has 0 saturated heterocycles. The molecule has 1 amide bonds. The number of nitrogens with zero attached hydrogens (tertiary/aromatic N) is 1. The van der Waals surface area contributed by atoms with Crippen molar-refractivity contribution in [3.8, 4) is 0 Å². The van der Waals surface area contributed by atoms with Crippen LogP contribution in [0.3, 0.4) is 0 Å². The topological polar surface area (TPSA) is 20.3 Å². The minimum Gasteiger partial charge on any atom is -0.338 e. The average molecular weight is 303 g/mol. The van der Waals surface area contributed by atoms with E-state index in [4.69, 9.17) is 0 Å². The van der Waals surface area contributed by atoms with Crippen LogP contribution in [0.1, 0.15) is 43.9 Å². The highest BCUT2D eigenvalue weighted by molar-refractivity contribution is 7.09. The molecule has 4 aliphatic rings. The van der Waals surface area contributed by atoms with Crippen LogP contribution >= 0.6 is 11.3 Å². The van der Waals surface area contributed by atoms with Gasteiger partial charge in [-0.3, -0.25) is 4.79 Å². The van der Waals surface area contributed by atoms with Crippen molar-refractivity contribution in [3.05, 3.63) is 22.4 Å². The fourth-order valence-corrected chi connectivity index (χ4v) is 6.19. The molecule has 5 rings (SSSR count). The van der Waals surface area contributed by atoms with Crippen LogP contribution in [0.5, 0.6) is 0 Å². The van der Waals surface area contributed by atoms with Gasteiger partial charge in [0.05, 0.1) is 6.54 Å². The first kappa shape index (κ1) is 13.8. The van der Waals surface area contributed by atoms with Crippen LogP contribution in [0.2, 0.25) is 0 Å². The Morgan fingerprint density at radius 1 is 1.19 bits per heavy atom. The summed E-state index contributed by atoms with van der Waals surface area (Å²) < 4.78 is 0. The minimum absolute atomic E-state index is 0.345. The Labute approximate surface area is 131 Å². The third-order valence-electron chi connectivity index (χ3n) is 6.13. The maximum Gasteiger partial charge on any atom is 0.226 e. The molecular formula is C18H25NOS. The smallest absolute Gasteiger partial charge is 0.226 e. The molecule has 1 heterocycles. The van der Waals surface area contributed by atoms with Gasteiger partial charge in [0.1, 0.15) is 0 Å². The molecular weight excluding hydrogens is 278 g/mol. The quantitative estimate of drug-likeness (QED) is 0.817. The molecule has 0 unspecified atom stereocenters. The molecule has 4 bridgehead atoms. The van der Waals surface area contributed by atoms with Gasteiger partial charge in [-0.1, -0.05) is 6.07 Å². The Bertz CT molecular complexity index is 481. The first-order valence-corrected chi connectivity index (χ1v) is 9.43. The van der Waals surface area contributed by atoms with Crippen molar-refractivity contribution in [1.29, 1.82) is 0 Å². The van der Waals surface area contributed by atoms with E-state index in [0.717, 1.165) is 24.9 Å². The number of rotatable bonds is 4. The van der Waals surface area contributed by atoms with E-state index >= 15 is 0 Å². The van der Waals surface area contributed by atoms with Gasteiger partial charge in [-0.2, -0.15) is 0 Å². The van der Waals surface area contributed by atoms with E-state index in [1.54, 1.807) is 11.3 Å². The molecule has 1 aromatic heterocycles. The molecule has 4 fully saturated rings. The molecule has 3 heteroatoms. The Morgan fingerprint density at radius 2 is 1.86 bits per heavy atom. The number of amides is 1. The highest BCUT2D eigenvalue weighted by atomic mass is 32.1. The van der Waals surface area contributed by atoms with E-state index in [9.17, 15) is 4.79 Å². The molecule has 0 atom stereocenters. The van der Waals surface area contributed by atoms with E-state index in [2.05, 4.69) is 29.3 Å². The highest BCUT2D eigenvalue weighted by Gasteiger charge is 2.51. The zero-order valence-electron chi connectivity index (χ0n) is 12.8. The second-order valence-electron chi connectivity index (χ2n) is 7.39. The molecule has 21 heavy (non-hydrogen) atoms. The maximum absolute atomic E-state index is 13.1. The van der Waals surface area contributed by atoms with Crippen LogP contribution in [0.25, 0.3) is 0 Å². The maximum atomic E-state index is 13.1. The lowest BCUT2D eigenvalue weighted by Gasteiger charge is -2.54. The monoisotopic (exact) mass is 303 g/mol. The molecule has 0 aromatic carbocycles. The molecule has 0 aliphatic heterocycles. The number of hydrogen-bond donors (Lipinski definition) is 0. The number of carbonyl (C=O) groups is 1. The molecule has 1 aromatic rings. The van der Waals surface area contributed by atoms with Gasteiger partial charge in [0.2, 0.25) is 5.91 Å². The summed E-state index contributed by atoms with van der Waals surface area (Å²) in [7, 11) is 0. The van der Waals surface area contributed by atoms with Crippen LogP contribution in [0, 0.1) is 29.6 Å². The van der Waals surface area contributed by atoms with E-state index in [1.165, 1.54) is 37.0 Å². The number of thiophene rings is 1. The summed E-state index contributed by atoms with van der Waals surface area (Å²) in [4.78, 5) is 16.5. The number of hydrogen-bond acceptors (Lipinski definition) is 2. The van der Waals surface area contributed by atoms with Crippen LogP contribution < -0.4 is 0 Å². The summed E-state index contributed by atoms with van der Waals surface area (Å²) in [5.41, 5.74) is 0. The van der Waals surface area contributed by atoms with E-state index in [-0.39, 0.29) is 0 Å². The molecule has 4 aliphatic carbocycles. The zero-order valence-corrected chi connectivity index (χ0v) is 13.6. The summed E-state index contributed by atoms with van der Waals surface area (Å²) in [5, 5.41) is 2.11. The third kappa shape index (κ3) is 2.44. The highest BCUT2D eigenvalue weighted by Crippen LogP contribution is 2.56. The molecule has 0 N–H and O–H groups in total. The Kier molecular flexibility index (Phi) is 3.56. The molecule has 0 spiro atoms. The first-order chi connectivity index (χ1) is 10.2. The van der Waals surface area contributed by atoms with Gasteiger partial charge in [0.15, 0.2) is 0 Å². The van der Waals surface area contributed by atoms with Gasteiger partial charge in [0.25, 0.3) is 0 Å². The normalized spacial score (nSPS) is 36.9. The van der Waals surface area contributed by atoms with Gasteiger partial charge in [-0.15, -0.1) is 11.3 Å². The van der Waals surface area contributed by atoms with Crippen LogP contribution in [-0.4, -0.2) is 17.4 Å². The van der Waals surface area contributed by atoms with Crippen molar-refractivity contribution in [3.63, 3.8) is 0 Å². The van der Waals surface area contributed by atoms with Crippen molar-refractivity contribution >= 4 is 17.2 Å². The fraction of sp³-hybridized carbons (Fsp3) is 0.722. The molecule has 4 saturated carbocycles. The molecule has 0 radical (unpaired) electrons. The van der Waals surface area contributed by atoms with Gasteiger partial charge in [-0.25, -0.2) is 0 Å². The van der Waals surface area contributed by atoms with Crippen LogP contribution in [0.15, 0.2) is 17.5 Å². The average Bonchev–Trinajstić information content (AvgIpc) is 2.96. The zero-order chi connectivity index (χ0) is 14.4. The van der Waals surface area contributed by atoms with Crippen molar-refractivity contribution < 1.29 is 4.79 Å². The van der Waals surface area contributed by atoms with Crippen molar-refractivity contribution in [2.75, 3.05) is 6.54 Å². The Balaban J connectivity index is 1.50. The predicted molar refractivity (Wildman–Crippen MR) is 85.9 cm³/mol. The van der Waals surface area contributed by atoms with Crippen molar-refractivity contribution in [2.45, 2.75) is 45.6 Å². The third-order valence-corrected chi connectivity index (χ3v) is 6.99. The Morgan fingerprint density at radius 3 is 2.38 bits per heavy atom. The van der Waals surface area contributed by atoms with E-state index in [0.29, 0.717) is 23.7 Å². The standard InChI is InChI=1S/C18H25NOS/c1-2-19(11-16-4-3-5-21-16)18(20)17-14-7-12-6-13(9-14)10-15(17)8-12/h3-5,12-15,17H,2,6-11H2,1H3. The van der Waals surface area contributed by atoms with Gasteiger partial charge in [0, 0.05) is 17.3 Å². The van der Waals surface area contributed by atoms with Crippen molar-refractivity contribution in [1.82, 2.24) is 4.90 Å². The summed E-state index contributed by atoms with van der Waals surface area (Å²) >= 11 is 1.77. The Hall–Kier alpha value is -0.830. The second-order valence-corrected chi connectivity index (χ2v) is 8.42. The molecule has 2 nitrogen and oxygen atoms in total. The van der Waals surface area contributed by atoms with E-state index in [1.807, 2.05) is 0 Å². The van der Waals surface area contributed by atoms with Gasteiger partial charge >= 0.3 is 0 Å². The van der Waals surface area contributed by atoms with E-state index < -0.39 is 0 Å². The molecule has 114 valence electrons. The SMILES string of the molecule is CCN(Cc1cccs1)C(=O)C1C2CC3CC(C2)CC1C3. The summed E-state index contributed by atoms with van der Waals surface area (Å²) in [5.74, 6) is 4.10. The van der Waals surface area contributed by atoms with Gasteiger partial charge < -0.3 is 4.90 Å². The lowest BCUT2D eigenvalue weighted by atomic mass is 9.51. The summed E-state index contributed by atoms with van der Waals surface area (Å²) in [6.07, 6.45) is 6.79. The van der Waals surface area contributed by atoms with Crippen LogP contribution in [0.4, 0.5) is 0 Å². The second kappa shape index (κ2) is 5.42. The van der Waals surface area contributed by atoms with Crippen LogP contribution in [-0.2, 0) is 11.3 Å². The lowest BCUT2D eigenvalue weighted by molar-refractivity contribution is -0.149. The largest absolute Gasteiger partial charge is 0.338 e. The number of carbonyl (C=O) groups excluding carboxylic acids is 1. The van der Waals surface area contributed by atoms with Crippen molar-refractivity contribution in [2.24, 2.45) is 29.6 Å². The minimum atomic E-state index is 0.345.